The fraction of sp³-hybridized carbons (Fsp3) is 0.211. The van der Waals surface area contributed by atoms with Gasteiger partial charge in [0, 0.05) is 17.1 Å². The Kier molecular flexibility index (Phi) is 6.19. The quantitative estimate of drug-likeness (QED) is 0.669. The van der Waals surface area contributed by atoms with Gasteiger partial charge in [-0.25, -0.2) is 13.2 Å². The van der Waals surface area contributed by atoms with Crippen molar-refractivity contribution in [3.05, 3.63) is 64.7 Å². The first kappa shape index (κ1) is 20.8. The molecule has 2 aromatic carbocycles. The molecule has 2 N–H and O–H groups in total. The van der Waals surface area contributed by atoms with E-state index in [2.05, 4.69) is 15.0 Å². The van der Waals surface area contributed by atoms with Crippen LogP contribution < -0.4 is 10.0 Å². The smallest absolute Gasteiger partial charge is 0.331 e. The van der Waals surface area contributed by atoms with Gasteiger partial charge in [-0.3, -0.25) is 14.5 Å². The largest absolute Gasteiger partial charge is 0.454 e. The van der Waals surface area contributed by atoms with Crippen LogP contribution in [0.15, 0.2) is 58.4 Å². The van der Waals surface area contributed by atoms with Gasteiger partial charge in [-0.1, -0.05) is 41.9 Å². The monoisotopic (exact) mass is 435 g/mol. The van der Waals surface area contributed by atoms with E-state index in [1.165, 1.54) is 13.0 Å². The van der Waals surface area contributed by atoms with Crippen LogP contribution in [0.3, 0.4) is 0 Å². The van der Waals surface area contributed by atoms with Crippen LogP contribution in [-0.2, 0) is 30.9 Å². The van der Waals surface area contributed by atoms with E-state index in [0.717, 1.165) is 5.56 Å². The number of amidine groups is 1. The van der Waals surface area contributed by atoms with Gasteiger partial charge in [-0.05, 0) is 30.7 Å². The summed E-state index contributed by atoms with van der Waals surface area (Å²) >= 11 is 6.01. The summed E-state index contributed by atoms with van der Waals surface area (Å²) < 4.78 is 31.4. The number of hydrogen-bond acceptors (Lipinski definition) is 6. The van der Waals surface area contributed by atoms with Gasteiger partial charge in [-0.15, -0.1) is 0 Å². The molecule has 8 nitrogen and oxygen atoms in total. The third kappa shape index (κ3) is 4.93. The van der Waals surface area contributed by atoms with Gasteiger partial charge < -0.3 is 10.1 Å². The lowest BCUT2D eigenvalue weighted by Crippen LogP contribution is -2.31. The molecule has 0 radical (unpaired) electrons. The van der Waals surface area contributed by atoms with E-state index in [-0.39, 0.29) is 17.3 Å². The number of fused-ring (bicyclic) bond motifs is 1. The van der Waals surface area contributed by atoms with Crippen molar-refractivity contribution in [3.8, 4) is 0 Å². The van der Waals surface area contributed by atoms with Gasteiger partial charge in [0.1, 0.15) is 11.9 Å². The zero-order valence-corrected chi connectivity index (χ0v) is 17.0. The van der Waals surface area contributed by atoms with E-state index < -0.39 is 34.5 Å². The number of amides is 1. The maximum Gasteiger partial charge on any atom is 0.331 e. The fourth-order valence-corrected chi connectivity index (χ4v) is 4.06. The molecule has 0 aliphatic carbocycles. The molecule has 0 saturated heterocycles. The lowest BCUT2D eigenvalue weighted by Gasteiger charge is -2.10. The number of ether oxygens (including phenoxy) is 1. The number of halogens is 1. The van der Waals surface area contributed by atoms with Crippen LogP contribution in [0.25, 0.3) is 0 Å². The van der Waals surface area contributed by atoms with Crippen LogP contribution in [0.1, 0.15) is 18.1 Å². The molecule has 152 valence electrons. The normalized spacial score (nSPS) is 16.6. The second-order valence-corrected chi connectivity index (χ2v) is 8.29. The summed E-state index contributed by atoms with van der Waals surface area (Å²) in [6.45, 7) is 1.17. The average molecular weight is 436 g/mol. The molecule has 1 aliphatic heterocycles. The Balaban J connectivity index is 1.55. The molecule has 0 bridgehead atoms. The molecule has 10 heteroatoms. The molecule has 3 rings (SSSR count). The Bertz CT molecular complexity index is 1080. The second-order valence-electron chi connectivity index (χ2n) is 6.23. The number of nitrogens with one attached hydrogen (secondary N) is 2. The van der Waals surface area contributed by atoms with E-state index in [4.69, 9.17) is 16.3 Å². The Morgan fingerprint density at radius 1 is 1.17 bits per heavy atom. The first-order chi connectivity index (χ1) is 13.8. The third-order valence-electron chi connectivity index (χ3n) is 4.11. The van der Waals surface area contributed by atoms with Gasteiger partial charge in [0.25, 0.3) is 15.9 Å². The predicted octanol–water partition coefficient (Wildman–Crippen LogP) is 1.63. The van der Waals surface area contributed by atoms with Crippen LogP contribution in [0.4, 0.5) is 0 Å². The minimum absolute atomic E-state index is 0.0632. The molecule has 0 saturated carbocycles. The standard InChI is InChI=1S/C19H18ClN3O5S/c1-12(22-18-14-7-3-5-9-16(14)29(26,27)23-18)19(25)28-11-17(24)21-10-13-6-2-4-8-15(13)20/h2-9,12H,10-11H2,1H3,(H,21,24)(H,22,23)/t12-/m1/s1. The topological polar surface area (TPSA) is 114 Å². The number of sulfonamides is 1. The number of aliphatic imine (C=N–C) groups is 1. The lowest BCUT2D eigenvalue weighted by atomic mass is 10.2. The van der Waals surface area contributed by atoms with Gasteiger partial charge in [-0.2, -0.15) is 0 Å². The highest BCUT2D eigenvalue weighted by molar-refractivity contribution is 7.90. The summed E-state index contributed by atoms with van der Waals surface area (Å²) in [4.78, 5) is 28.2. The molecular formula is C19H18ClN3O5S. The summed E-state index contributed by atoms with van der Waals surface area (Å²) in [6.07, 6.45) is 0. The van der Waals surface area contributed by atoms with Crippen molar-refractivity contribution in [3.63, 3.8) is 0 Å². The highest BCUT2D eigenvalue weighted by atomic mass is 35.5. The van der Waals surface area contributed by atoms with Crippen molar-refractivity contribution in [2.45, 2.75) is 24.4 Å². The van der Waals surface area contributed by atoms with Crippen molar-refractivity contribution in [2.75, 3.05) is 6.61 Å². The van der Waals surface area contributed by atoms with Crippen LogP contribution in [-0.4, -0.2) is 38.8 Å². The van der Waals surface area contributed by atoms with E-state index >= 15 is 0 Å². The van der Waals surface area contributed by atoms with Crippen molar-refractivity contribution >= 4 is 39.3 Å². The summed E-state index contributed by atoms with van der Waals surface area (Å²) in [6, 6.07) is 12.4. The van der Waals surface area contributed by atoms with E-state index in [0.29, 0.717) is 10.6 Å². The minimum atomic E-state index is -3.70. The van der Waals surface area contributed by atoms with Gasteiger partial charge in [0.15, 0.2) is 6.61 Å². The number of rotatable bonds is 6. The molecule has 1 amide bonds. The second kappa shape index (κ2) is 8.62. The van der Waals surface area contributed by atoms with E-state index in [1.807, 2.05) is 0 Å². The zero-order valence-electron chi connectivity index (χ0n) is 15.4. The minimum Gasteiger partial charge on any atom is -0.454 e. The maximum atomic E-state index is 12.1. The summed E-state index contributed by atoms with van der Waals surface area (Å²) in [5.74, 6) is -1.19. The van der Waals surface area contributed by atoms with E-state index in [9.17, 15) is 18.0 Å². The molecule has 0 spiro atoms. The van der Waals surface area contributed by atoms with Crippen molar-refractivity contribution in [1.29, 1.82) is 0 Å². The van der Waals surface area contributed by atoms with E-state index in [1.54, 1.807) is 42.5 Å². The number of carbonyl (C=O) groups excluding carboxylic acids is 2. The molecular weight excluding hydrogens is 418 g/mol. The Morgan fingerprint density at radius 2 is 1.86 bits per heavy atom. The summed E-state index contributed by atoms with van der Waals surface area (Å²) in [5.41, 5.74) is 1.12. The fourth-order valence-electron chi connectivity index (χ4n) is 2.62. The third-order valence-corrected chi connectivity index (χ3v) is 5.87. The molecule has 2 aromatic rings. The highest BCUT2D eigenvalue weighted by Crippen LogP contribution is 2.22. The Morgan fingerprint density at radius 3 is 2.62 bits per heavy atom. The van der Waals surface area contributed by atoms with Gasteiger partial charge in [0.2, 0.25) is 0 Å². The molecule has 0 unspecified atom stereocenters. The summed E-state index contributed by atoms with van der Waals surface area (Å²) in [7, 11) is -3.70. The maximum absolute atomic E-state index is 12.1. The van der Waals surface area contributed by atoms with Crippen molar-refractivity contribution in [2.24, 2.45) is 4.99 Å². The number of esters is 1. The molecule has 0 aromatic heterocycles. The number of nitrogens with zero attached hydrogens (tertiary/aromatic N) is 1. The highest BCUT2D eigenvalue weighted by Gasteiger charge is 2.31. The molecule has 1 heterocycles. The van der Waals surface area contributed by atoms with Crippen LogP contribution in [0.2, 0.25) is 5.02 Å². The number of hydrogen-bond donors (Lipinski definition) is 2. The van der Waals surface area contributed by atoms with Gasteiger partial charge >= 0.3 is 5.97 Å². The first-order valence-electron chi connectivity index (χ1n) is 8.64. The van der Waals surface area contributed by atoms with Gasteiger partial charge in [0.05, 0.1) is 4.90 Å². The van der Waals surface area contributed by atoms with Crippen LogP contribution >= 0.6 is 11.6 Å². The first-order valence-corrected chi connectivity index (χ1v) is 10.5. The Labute approximate surface area is 173 Å². The molecule has 1 atom stereocenters. The zero-order chi connectivity index (χ0) is 21.0. The number of benzene rings is 2. The van der Waals surface area contributed by atoms with Crippen LogP contribution in [0, 0.1) is 0 Å². The molecule has 29 heavy (non-hydrogen) atoms. The Hall–Kier alpha value is -2.91. The molecule has 0 fully saturated rings. The SMILES string of the molecule is C[C@@H](N=C1NS(=O)(=O)c2ccccc21)C(=O)OCC(=O)NCc1ccccc1Cl. The van der Waals surface area contributed by atoms with Crippen molar-refractivity contribution < 1.29 is 22.7 Å². The summed E-state index contributed by atoms with van der Waals surface area (Å²) in [5, 5.41) is 3.12. The van der Waals surface area contributed by atoms with Crippen molar-refractivity contribution in [1.82, 2.24) is 10.0 Å². The number of carbonyl (C=O) groups is 2. The lowest BCUT2D eigenvalue weighted by molar-refractivity contribution is -0.149. The van der Waals surface area contributed by atoms with Crippen LogP contribution in [0.5, 0.6) is 0 Å². The predicted molar refractivity (Wildman–Crippen MR) is 107 cm³/mol. The molecule has 1 aliphatic rings. The average Bonchev–Trinajstić information content (AvgIpc) is 2.95.